The number of allylic oxidation sites excluding steroid dienone is 1. The summed E-state index contributed by atoms with van der Waals surface area (Å²) in [5.41, 5.74) is -2.74. The number of aliphatic hydroxyl groups is 2. The first-order chi connectivity index (χ1) is 17.4. The number of hydrogen-bond donors (Lipinski definition) is 4. The third-order valence-electron chi connectivity index (χ3n) is 7.74. The highest BCUT2D eigenvalue weighted by molar-refractivity contribution is 5.99. The highest BCUT2D eigenvalue weighted by Crippen LogP contribution is 2.47. The van der Waals surface area contributed by atoms with Gasteiger partial charge in [-0.05, 0) is 65.9 Å². The maximum atomic E-state index is 12.7. The molecule has 216 valence electrons. The summed E-state index contributed by atoms with van der Waals surface area (Å²) in [7, 11) is 0. The monoisotopic (exact) mass is 548 g/mol. The van der Waals surface area contributed by atoms with Crippen LogP contribution in [0.15, 0.2) is 12.2 Å². The summed E-state index contributed by atoms with van der Waals surface area (Å²) >= 11 is 0. The van der Waals surface area contributed by atoms with Gasteiger partial charge in [-0.3, -0.25) is 14.4 Å². The van der Waals surface area contributed by atoms with Crippen LogP contribution in [-0.4, -0.2) is 81.7 Å². The molecule has 3 fully saturated rings. The lowest BCUT2D eigenvalue weighted by Gasteiger charge is -2.47. The van der Waals surface area contributed by atoms with E-state index < -0.39 is 53.2 Å². The smallest absolute Gasteiger partial charge is 0.388 e. The van der Waals surface area contributed by atoms with Crippen LogP contribution in [0.2, 0.25) is 0 Å². The Balaban J connectivity index is 1.50. The Labute approximate surface area is 220 Å². The van der Waals surface area contributed by atoms with Gasteiger partial charge in [-0.1, -0.05) is 6.42 Å². The van der Waals surface area contributed by atoms with Gasteiger partial charge in [-0.25, -0.2) is 0 Å². The van der Waals surface area contributed by atoms with Crippen molar-refractivity contribution in [1.82, 2.24) is 10.6 Å². The lowest BCUT2D eigenvalue weighted by atomic mass is 9.80. The van der Waals surface area contributed by atoms with Gasteiger partial charge in [0.15, 0.2) is 5.78 Å². The van der Waals surface area contributed by atoms with Crippen LogP contribution in [0.4, 0.5) is 13.2 Å². The highest BCUT2D eigenvalue weighted by atomic mass is 19.4. The molecule has 0 unspecified atom stereocenters. The number of nitrogens with one attached hydrogen (secondary N) is 2. The number of amides is 2. The average molecular weight is 549 g/mol. The molecule has 2 bridgehead atoms. The lowest BCUT2D eigenvalue weighted by molar-refractivity contribution is -0.229. The Morgan fingerprint density at radius 1 is 1.08 bits per heavy atom. The van der Waals surface area contributed by atoms with E-state index in [1.165, 1.54) is 12.2 Å². The van der Waals surface area contributed by atoms with Crippen LogP contribution in [0.3, 0.4) is 0 Å². The minimum Gasteiger partial charge on any atom is -0.388 e. The summed E-state index contributed by atoms with van der Waals surface area (Å²) in [6.45, 7) is 7.42. The van der Waals surface area contributed by atoms with Crippen molar-refractivity contribution in [2.24, 2.45) is 5.92 Å². The molecule has 2 aliphatic heterocycles. The van der Waals surface area contributed by atoms with E-state index in [9.17, 15) is 37.8 Å². The van der Waals surface area contributed by atoms with Crippen LogP contribution in [0.25, 0.3) is 0 Å². The van der Waals surface area contributed by atoms with E-state index in [1.807, 2.05) is 13.8 Å². The fourth-order valence-electron chi connectivity index (χ4n) is 5.43. The molecule has 3 rings (SSSR count). The van der Waals surface area contributed by atoms with Gasteiger partial charge < -0.3 is 30.3 Å². The van der Waals surface area contributed by atoms with Crippen LogP contribution in [-0.2, 0) is 23.9 Å². The summed E-state index contributed by atoms with van der Waals surface area (Å²) in [6.07, 6.45) is -2.74. The molecule has 2 heterocycles. The Bertz CT molecular complexity index is 932. The molecule has 4 N–H and O–H groups in total. The molecule has 1 saturated carbocycles. The predicted octanol–water partition coefficient (Wildman–Crippen LogP) is 2.08. The minimum absolute atomic E-state index is 0.0228. The number of carbonyl (C=O) groups excluding carboxylic acids is 3. The van der Waals surface area contributed by atoms with Crippen LogP contribution < -0.4 is 10.6 Å². The molecule has 38 heavy (non-hydrogen) atoms. The molecule has 1 aliphatic carbocycles. The van der Waals surface area contributed by atoms with E-state index in [1.54, 1.807) is 19.2 Å². The van der Waals surface area contributed by atoms with Crippen LogP contribution >= 0.6 is 0 Å². The van der Waals surface area contributed by atoms with Gasteiger partial charge in [0.25, 0.3) is 0 Å². The second-order valence-electron chi connectivity index (χ2n) is 12.0. The maximum absolute atomic E-state index is 12.7. The number of alkyl halides is 3. The molecular weight excluding hydrogens is 509 g/mol. The Morgan fingerprint density at radius 3 is 2.32 bits per heavy atom. The summed E-state index contributed by atoms with van der Waals surface area (Å²) in [5, 5.41) is 26.0. The molecule has 2 amide bonds. The van der Waals surface area contributed by atoms with Gasteiger partial charge in [-0.2, -0.15) is 13.2 Å². The first-order valence-corrected chi connectivity index (χ1v) is 13.0. The fourth-order valence-corrected chi connectivity index (χ4v) is 5.43. The summed E-state index contributed by atoms with van der Waals surface area (Å²) < 4.78 is 50.1. The molecule has 0 aromatic heterocycles. The third-order valence-corrected chi connectivity index (χ3v) is 7.74. The van der Waals surface area contributed by atoms with Gasteiger partial charge >= 0.3 is 12.1 Å². The van der Waals surface area contributed by atoms with E-state index >= 15 is 0 Å². The Kier molecular flexibility index (Phi) is 9.02. The topological polar surface area (TPSA) is 134 Å². The summed E-state index contributed by atoms with van der Waals surface area (Å²) in [6, 6.07) is -1.39. The Morgan fingerprint density at radius 2 is 1.74 bits per heavy atom. The van der Waals surface area contributed by atoms with Crippen molar-refractivity contribution < 1.29 is 47.2 Å². The Hall–Kier alpha value is -2.02. The zero-order chi connectivity index (χ0) is 28.5. The van der Waals surface area contributed by atoms with E-state index in [2.05, 4.69) is 5.32 Å². The molecule has 9 nitrogen and oxygen atoms in total. The van der Waals surface area contributed by atoms with Crippen molar-refractivity contribution in [2.45, 2.75) is 120 Å². The molecule has 2 saturated heterocycles. The van der Waals surface area contributed by atoms with Crippen molar-refractivity contribution in [3.63, 3.8) is 0 Å². The van der Waals surface area contributed by atoms with Gasteiger partial charge in [-0.15, -0.1) is 0 Å². The zero-order valence-electron chi connectivity index (χ0n) is 22.3. The van der Waals surface area contributed by atoms with Crippen molar-refractivity contribution in [3.8, 4) is 0 Å². The first-order valence-electron chi connectivity index (χ1n) is 13.0. The average Bonchev–Trinajstić information content (AvgIpc) is 3.12. The number of halogens is 3. The van der Waals surface area contributed by atoms with Crippen LogP contribution in [0.5, 0.6) is 0 Å². The van der Waals surface area contributed by atoms with E-state index in [0.717, 1.165) is 19.3 Å². The maximum Gasteiger partial charge on any atom is 0.471 e. The van der Waals surface area contributed by atoms with Crippen molar-refractivity contribution in [1.29, 1.82) is 0 Å². The second kappa shape index (κ2) is 11.2. The molecule has 0 radical (unpaired) electrons. The third kappa shape index (κ3) is 7.34. The summed E-state index contributed by atoms with van der Waals surface area (Å²) in [5.74, 6) is -2.59. The summed E-state index contributed by atoms with van der Waals surface area (Å²) in [4.78, 5) is 35.6. The van der Waals surface area contributed by atoms with Gasteiger partial charge in [0.1, 0.15) is 12.2 Å². The number of ketones is 1. The zero-order valence-corrected chi connectivity index (χ0v) is 22.3. The van der Waals surface area contributed by atoms with Crippen molar-refractivity contribution in [3.05, 3.63) is 12.2 Å². The predicted molar refractivity (Wildman–Crippen MR) is 130 cm³/mol. The van der Waals surface area contributed by atoms with Gasteiger partial charge in [0.05, 0.1) is 23.3 Å². The molecular formula is C26H39F3N2O7. The van der Waals surface area contributed by atoms with E-state index in [0.29, 0.717) is 6.42 Å². The molecule has 5 atom stereocenters. The lowest BCUT2D eigenvalue weighted by Crippen LogP contribution is -2.66. The molecule has 0 aromatic carbocycles. The number of carbonyl (C=O) groups is 3. The minimum atomic E-state index is -5.12. The van der Waals surface area contributed by atoms with Crippen LogP contribution in [0.1, 0.15) is 72.6 Å². The van der Waals surface area contributed by atoms with Crippen molar-refractivity contribution in [2.75, 3.05) is 6.61 Å². The molecule has 0 spiro atoms. The number of aliphatic hydroxyl groups excluding tert-OH is 2. The van der Waals surface area contributed by atoms with Crippen LogP contribution in [0, 0.1) is 5.92 Å². The molecule has 0 aromatic rings. The largest absolute Gasteiger partial charge is 0.471 e. The molecule has 3 aliphatic rings. The van der Waals surface area contributed by atoms with Crippen molar-refractivity contribution >= 4 is 17.6 Å². The standard InChI is InChI=1S/C26H39F3N2O7/c1-23(2,31-18(33)9-8-16(32)15-6-5-7-15)12-13-37-24(3,4)14-25-11-10-17(38-25)19(20(34)21(25)35)30-22(36)26(27,28)29/h8-9,15,17,19-21,34-35H,5-7,10-14H2,1-4H3,(H,30,36)(H,31,33)/b9-8+/t17-,19-,20-,21-,25-/m1/s1. The first kappa shape index (κ1) is 30.5. The van der Waals surface area contributed by atoms with E-state index in [-0.39, 0.29) is 43.5 Å². The normalized spacial score (nSPS) is 30.2. The number of hydrogen-bond acceptors (Lipinski definition) is 7. The number of ether oxygens (including phenoxy) is 2. The number of rotatable bonds is 11. The molecule has 12 heteroatoms. The second-order valence-corrected chi connectivity index (χ2v) is 12.0. The van der Waals surface area contributed by atoms with E-state index in [4.69, 9.17) is 9.47 Å². The SMILES string of the molecule is CC(C)(CCOC(C)(C)C[C@@]12CC[C@@H](O1)[C@@H](NC(=O)C(F)(F)F)[C@@H](O)[C@H]2O)NC(=O)/C=C/C(=O)C1CCC1. The van der Waals surface area contributed by atoms with Gasteiger partial charge in [0.2, 0.25) is 5.91 Å². The van der Waals surface area contributed by atoms with Gasteiger partial charge in [0, 0.05) is 30.6 Å². The fraction of sp³-hybridized carbons (Fsp3) is 0.808. The number of fused-ring (bicyclic) bond motifs is 2. The highest BCUT2D eigenvalue weighted by Gasteiger charge is 2.60. The quantitative estimate of drug-likeness (QED) is 0.291.